The van der Waals surface area contributed by atoms with Crippen LogP contribution in [0.2, 0.25) is 0 Å². The van der Waals surface area contributed by atoms with Gasteiger partial charge in [-0.1, -0.05) is 18.2 Å². The molecule has 0 N–H and O–H groups in total. The van der Waals surface area contributed by atoms with E-state index >= 15 is 0 Å². The third-order valence-electron chi connectivity index (χ3n) is 3.33. The molecule has 0 aliphatic carbocycles. The summed E-state index contributed by atoms with van der Waals surface area (Å²) in [5.41, 5.74) is 1.10. The second-order valence-corrected chi connectivity index (χ2v) is 4.71. The SMILES string of the molecule is Cn1ccnc1CN(c1ccccc1)c1nccn1C. The van der Waals surface area contributed by atoms with Crippen LogP contribution in [0.15, 0.2) is 55.1 Å². The molecular formula is C15H17N5. The monoisotopic (exact) mass is 267 g/mol. The number of imidazole rings is 2. The second-order valence-electron chi connectivity index (χ2n) is 4.71. The van der Waals surface area contributed by atoms with E-state index in [1.807, 2.05) is 66.2 Å². The molecule has 102 valence electrons. The Morgan fingerprint density at radius 1 is 0.950 bits per heavy atom. The molecular weight excluding hydrogens is 250 g/mol. The standard InChI is InChI=1S/C15H17N5/c1-18-10-8-16-14(18)12-20(13-6-4-3-5-7-13)15-17-9-11-19(15)2/h3-11H,12H2,1-2H3. The number of anilines is 2. The first-order chi connectivity index (χ1) is 9.75. The largest absolute Gasteiger partial charge is 0.337 e. The predicted molar refractivity (Wildman–Crippen MR) is 78.7 cm³/mol. The van der Waals surface area contributed by atoms with Crippen LogP contribution in [0.5, 0.6) is 0 Å². The van der Waals surface area contributed by atoms with E-state index in [9.17, 15) is 0 Å². The van der Waals surface area contributed by atoms with Crippen LogP contribution in [0.4, 0.5) is 11.6 Å². The minimum atomic E-state index is 0.679. The van der Waals surface area contributed by atoms with Crippen LogP contribution in [-0.2, 0) is 20.6 Å². The van der Waals surface area contributed by atoms with Crippen molar-refractivity contribution < 1.29 is 0 Å². The van der Waals surface area contributed by atoms with Crippen LogP contribution in [0.25, 0.3) is 0 Å². The summed E-state index contributed by atoms with van der Waals surface area (Å²) in [5, 5.41) is 0. The van der Waals surface area contributed by atoms with Gasteiger partial charge in [0.25, 0.3) is 0 Å². The van der Waals surface area contributed by atoms with Gasteiger partial charge in [0.15, 0.2) is 0 Å². The van der Waals surface area contributed by atoms with E-state index < -0.39 is 0 Å². The lowest BCUT2D eigenvalue weighted by molar-refractivity contribution is 0.750. The van der Waals surface area contributed by atoms with E-state index in [2.05, 4.69) is 27.0 Å². The first-order valence-electron chi connectivity index (χ1n) is 6.52. The van der Waals surface area contributed by atoms with Gasteiger partial charge >= 0.3 is 0 Å². The van der Waals surface area contributed by atoms with Crippen molar-refractivity contribution >= 4 is 11.6 Å². The van der Waals surface area contributed by atoms with Crippen molar-refractivity contribution in [2.24, 2.45) is 14.1 Å². The smallest absolute Gasteiger partial charge is 0.210 e. The van der Waals surface area contributed by atoms with Gasteiger partial charge in [0.05, 0.1) is 6.54 Å². The highest BCUT2D eigenvalue weighted by Gasteiger charge is 2.15. The zero-order valence-electron chi connectivity index (χ0n) is 11.6. The maximum absolute atomic E-state index is 4.45. The van der Waals surface area contributed by atoms with E-state index in [0.29, 0.717) is 6.54 Å². The Labute approximate surface area is 118 Å². The minimum absolute atomic E-state index is 0.679. The summed E-state index contributed by atoms with van der Waals surface area (Å²) in [6.45, 7) is 0.679. The Bertz CT molecular complexity index is 683. The zero-order valence-corrected chi connectivity index (χ0v) is 11.6. The number of hydrogen-bond donors (Lipinski definition) is 0. The van der Waals surface area contributed by atoms with Gasteiger partial charge in [-0.2, -0.15) is 0 Å². The number of nitrogens with zero attached hydrogens (tertiary/aromatic N) is 5. The first-order valence-corrected chi connectivity index (χ1v) is 6.52. The van der Waals surface area contributed by atoms with Crippen LogP contribution in [0, 0.1) is 0 Å². The average molecular weight is 267 g/mol. The van der Waals surface area contributed by atoms with Crippen LogP contribution < -0.4 is 4.90 Å². The van der Waals surface area contributed by atoms with Crippen molar-refractivity contribution in [3.63, 3.8) is 0 Å². The molecule has 0 bridgehead atoms. The van der Waals surface area contributed by atoms with Gasteiger partial charge in [-0.25, -0.2) is 9.97 Å². The van der Waals surface area contributed by atoms with Crippen molar-refractivity contribution in [1.82, 2.24) is 19.1 Å². The summed E-state index contributed by atoms with van der Waals surface area (Å²) in [6.07, 6.45) is 7.53. The molecule has 5 nitrogen and oxygen atoms in total. The second kappa shape index (κ2) is 5.21. The Morgan fingerprint density at radius 2 is 1.65 bits per heavy atom. The van der Waals surface area contributed by atoms with E-state index in [1.165, 1.54) is 0 Å². The molecule has 0 radical (unpaired) electrons. The third kappa shape index (κ3) is 2.30. The lowest BCUT2D eigenvalue weighted by Gasteiger charge is -2.23. The maximum atomic E-state index is 4.45. The van der Waals surface area contributed by atoms with Crippen LogP contribution in [-0.4, -0.2) is 19.1 Å². The molecule has 0 aliphatic rings. The normalized spacial score (nSPS) is 10.7. The molecule has 1 aromatic carbocycles. The number of aromatic nitrogens is 4. The van der Waals surface area contributed by atoms with Gasteiger partial charge in [-0.3, -0.25) is 0 Å². The van der Waals surface area contributed by atoms with Gasteiger partial charge in [-0.15, -0.1) is 0 Å². The van der Waals surface area contributed by atoms with E-state index in [0.717, 1.165) is 17.5 Å². The highest BCUT2D eigenvalue weighted by Crippen LogP contribution is 2.24. The highest BCUT2D eigenvalue weighted by molar-refractivity contribution is 5.57. The molecule has 0 saturated heterocycles. The molecule has 0 atom stereocenters. The fourth-order valence-corrected chi connectivity index (χ4v) is 2.19. The Kier molecular flexibility index (Phi) is 3.25. The molecule has 0 saturated carbocycles. The summed E-state index contributed by atoms with van der Waals surface area (Å²) in [5.74, 6) is 1.90. The van der Waals surface area contributed by atoms with Crippen molar-refractivity contribution in [2.75, 3.05) is 4.90 Å². The van der Waals surface area contributed by atoms with Gasteiger partial charge in [-0.05, 0) is 12.1 Å². The van der Waals surface area contributed by atoms with Crippen LogP contribution >= 0.6 is 0 Å². The van der Waals surface area contributed by atoms with E-state index in [1.54, 1.807) is 0 Å². The number of hydrogen-bond acceptors (Lipinski definition) is 3. The lowest BCUT2D eigenvalue weighted by atomic mass is 10.3. The van der Waals surface area contributed by atoms with Gasteiger partial charge in [0, 0.05) is 44.6 Å². The number of para-hydroxylation sites is 1. The molecule has 0 amide bonds. The van der Waals surface area contributed by atoms with Gasteiger partial charge < -0.3 is 14.0 Å². The van der Waals surface area contributed by atoms with Crippen LogP contribution in [0.3, 0.4) is 0 Å². The minimum Gasteiger partial charge on any atom is -0.337 e. The summed E-state index contributed by atoms with van der Waals surface area (Å²) >= 11 is 0. The maximum Gasteiger partial charge on any atom is 0.210 e. The van der Waals surface area contributed by atoms with Crippen molar-refractivity contribution in [2.45, 2.75) is 6.54 Å². The average Bonchev–Trinajstić information content (AvgIpc) is 3.06. The van der Waals surface area contributed by atoms with Crippen LogP contribution in [0.1, 0.15) is 5.82 Å². The molecule has 2 heterocycles. The van der Waals surface area contributed by atoms with Gasteiger partial charge in [0.1, 0.15) is 5.82 Å². The molecule has 5 heteroatoms. The number of benzene rings is 1. The van der Waals surface area contributed by atoms with Crippen molar-refractivity contribution in [1.29, 1.82) is 0 Å². The molecule has 3 rings (SSSR count). The first kappa shape index (κ1) is 12.5. The third-order valence-corrected chi connectivity index (χ3v) is 3.33. The topological polar surface area (TPSA) is 38.9 Å². The van der Waals surface area contributed by atoms with E-state index in [-0.39, 0.29) is 0 Å². The number of rotatable bonds is 4. The predicted octanol–water partition coefficient (Wildman–Crippen LogP) is 2.49. The molecule has 0 fully saturated rings. The fourth-order valence-electron chi connectivity index (χ4n) is 2.19. The van der Waals surface area contributed by atoms with Crippen molar-refractivity contribution in [3.8, 4) is 0 Å². The Balaban J connectivity index is 2.00. The van der Waals surface area contributed by atoms with Gasteiger partial charge in [0.2, 0.25) is 5.95 Å². The molecule has 0 aliphatic heterocycles. The van der Waals surface area contributed by atoms with Crippen molar-refractivity contribution in [3.05, 3.63) is 60.9 Å². The lowest BCUT2D eigenvalue weighted by Crippen LogP contribution is -2.21. The summed E-state index contributed by atoms with van der Waals surface area (Å²) in [7, 11) is 4.00. The molecule has 0 spiro atoms. The zero-order chi connectivity index (χ0) is 13.9. The summed E-state index contributed by atoms with van der Waals surface area (Å²) in [6, 6.07) is 10.2. The quantitative estimate of drug-likeness (QED) is 0.729. The van der Waals surface area contributed by atoms with E-state index in [4.69, 9.17) is 0 Å². The fraction of sp³-hybridized carbons (Fsp3) is 0.200. The molecule has 3 aromatic rings. The number of aryl methyl sites for hydroxylation is 2. The molecule has 20 heavy (non-hydrogen) atoms. The molecule has 0 unspecified atom stereocenters. The Hall–Kier alpha value is -2.56. The molecule has 2 aromatic heterocycles. The summed E-state index contributed by atoms with van der Waals surface area (Å²) in [4.78, 5) is 11.0. The Morgan fingerprint density at radius 3 is 2.25 bits per heavy atom. The summed E-state index contributed by atoms with van der Waals surface area (Å²) < 4.78 is 4.04. The highest BCUT2D eigenvalue weighted by atomic mass is 15.3.